The molecule has 0 aliphatic carbocycles. The molecule has 2 aromatic rings. The summed E-state index contributed by atoms with van der Waals surface area (Å²) in [6.45, 7) is 4.90. The van der Waals surface area contributed by atoms with Crippen LogP contribution in [0.1, 0.15) is 16.8 Å². The van der Waals surface area contributed by atoms with Crippen molar-refractivity contribution in [2.45, 2.75) is 20.0 Å². The summed E-state index contributed by atoms with van der Waals surface area (Å²) in [6, 6.07) is 10.4. The molecule has 0 saturated carbocycles. The average molecular weight is 275 g/mol. The predicted molar refractivity (Wildman–Crippen MR) is 82.3 cm³/mol. The molecule has 0 fully saturated rings. The Kier molecular flexibility index (Phi) is 5.07. The van der Waals surface area contributed by atoms with Crippen LogP contribution in [0.3, 0.4) is 0 Å². The molecule has 1 heterocycles. The summed E-state index contributed by atoms with van der Waals surface area (Å²) < 4.78 is 0. The maximum Gasteiger partial charge on any atom is 0.108 e. The Balaban J connectivity index is 2.31. The maximum atomic E-state index is 4.81. The van der Waals surface area contributed by atoms with Crippen molar-refractivity contribution in [2.75, 3.05) is 20.6 Å². The quantitative estimate of drug-likeness (QED) is 0.878. The topological polar surface area (TPSA) is 28.2 Å². The van der Waals surface area contributed by atoms with E-state index in [0.717, 1.165) is 25.3 Å². The van der Waals surface area contributed by atoms with Crippen molar-refractivity contribution < 1.29 is 0 Å². The zero-order valence-corrected chi connectivity index (χ0v) is 12.6. The first kappa shape index (κ1) is 14.2. The highest BCUT2D eigenvalue weighted by atomic mass is 32.1. The van der Waals surface area contributed by atoms with E-state index in [4.69, 9.17) is 4.98 Å². The molecule has 0 spiro atoms. The van der Waals surface area contributed by atoms with Crippen molar-refractivity contribution in [2.24, 2.45) is 0 Å². The minimum absolute atomic E-state index is 0.895. The third kappa shape index (κ3) is 3.86. The standard InChI is InChI=1S/C15H21N3S/c1-4-16-10-13-15(12-8-6-5-7-9-12)17-14(19-13)11-18(2)3/h5-9,16H,4,10-11H2,1-3H3. The Labute approximate surface area is 119 Å². The van der Waals surface area contributed by atoms with E-state index in [1.807, 2.05) is 17.4 Å². The molecular weight excluding hydrogens is 254 g/mol. The van der Waals surface area contributed by atoms with E-state index in [1.165, 1.54) is 15.4 Å². The van der Waals surface area contributed by atoms with Crippen molar-refractivity contribution in [1.29, 1.82) is 0 Å². The number of thiazole rings is 1. The smallest absolute Gasteiger partial charge is 0.108 e. The minimum atomic E-state index is 0.895. The van der Waals surface area contributed by atoms with Gasteiger partial charge in [-0.1, -0.05) is 37.3 Å². The van der Waals surface area contributed by atoms with Gasteiger partial charge in [0.1, 0.15) is 5.01 Å². The monoisotopic (exact) mass is 275 g/mol. The molecule has 4 heteroatoms. The fourth-order valence-electron chi connectivity index (χ4n) is 1.92. The summed E-state index contributed by atoms with van der Waals surface area (Å²) in [7, 11) is 4.15. The van der Waals surface area contributed by atoms with Crippen LogP contribution in [0, 0.1) is 0 Å². The van der Waals surface area contributed by atoms with Crippen molar-refractivity contribution in [3.63, 3.8) is 0 Å². The molecule has 3 nitrogen and oxygen atoms in total. The van der Waals surface area contributed by atoms with Gasteiger partial charge in [0.2, 0.25) is 0 Å². The maximum absolute atomic E-state index is 4.81. The molecule has 0 atom stereocenters. The predicted octanol–water partition coefficient (Wildman–Crippen LogP) is 2.98. The molecule has 1 N–H and O–H groups in total. The SMILES string of the molecule is CCNCc1sc(CN(C)C)nc1-c1ccccc1. The minimum Gasteiger partial charge on any atom is -0.312 e. The molecular formula is C15H21N3S. The Morgan fingerprint density at radius 1 is 1.21 bits per heavy atom. The van der Waals surface area contributed by atoms with Gasteiger partial charge >= 0.3 is 0 Å². The van der Waals surface area contributed by atoms with Crippen LogP contribution < -0.4 is 5.32 Å². The van der Waals surface area contributed by atoms with Crippen molar-refractivity contribution >= 4 is 11.3 Å². The highest BCUT2D eigenvalue weighted by Crippen LogP contribution is 2.28. The molecule has 0 radical (unpaired) electrons. The summed E-state index contributed by atoms with van der Waals surface area (Å²) in [6.07, 6.45) is 0. The number of aromatic nitrogens is 1. The van der Waals surface area contributed by atoms with E-state index in [-0.39, 0.29) is 0 Å². The molecule has 0 aliphatic rings. The molecule has 0 bridgehead atoms. The zero-order chi connectivity index (χ0) is 13.7. The summed E-state index contributed by atoms with van der Waals surface area (Å²) in [4.78, 5) is 8.29. The largest absolute Gasteiger partial charge is 0.312 e. The lowest BCUT2D eigenvalue weighted by Crippen LogP contribution is -2.11. The van der Waals surface area contributed by atoms with Gasteiger partial charge in [-0.25, -0.2) is 4.98 Å². The Bertz CT molecular complexity index is 505. The van der Waals surface area contributed by atoms with Crippen molar-refractivity contribution in [3.05, 3.63) is 40.2 Å². The fourth-order valence-corrected chi connectivity index (χ4v) is 3.10. The molecule has 0 unspecified atom stereocenters. The molecule has 1 aromatic heterocycles. The number of nitrogens with zero attached hydrogens (tertiary/aromatic N) is 2. The summed E-state index contributed by atoms with van der Waals surface area (Å²) in [5, 5.41) is 4.58. The van der Waals surface area contributed by atoms with Gasteiger partial charge in [-0.3, -0.25) is 0 Å². The van der Waals surface area contributed by atoms with Crippen molar-refractivity contribution in [1.82, 2.24) is 15.2 Å². The van der Waals surface area contributed by atoms with Gasteiger partial charge in [0.25, 0.3) is 0 Å². The van der Waals surface area contributed by atoms with E-state index in [9.17, 15) is 0 Å². The number of hydrogen-bond donors (Lipinski definition) is 1. The highest BCUT2D eigenvalue weighted by molar-refractivity contribution is 7.12. The first-order chi connectivity index (χ1) is 9.20. The second-order valence-corrected chi connectivity index (χ2v) is 5.93. The van der Waals surface area contributed by atoms with Crippen LogP contribution in [0.2, 0.25) is 0 Å². The van der Waals surface area contributed by atoms with Gasteiger partial charge in [-0.05, 0) is 20.6 Å². The van der Waals surface area contributed by atoms with Crippen LogP contribution >= 0.6 is 11.3 Å². The lowest BCUT2D eigenvalue weighted by Gasteiger charge is -2.04. The third-order valence-electron chi connectivity index (χ3n) is 2.78. The summed E-state index contributed by atoms with van der Waals surface area (Å²) >= 11 is 1.81. The van der Waals surface area contributed by atoms with Gasteiger partial charge in [0.05, 0.1) is 5.69 Å². The Hall–Kier alpha value is -1.23. The second-order valence-electron chi connectivity index (χ2n) is 4.76. The van der Waals surface area contributed by atoms with Crippen LogP contribution in [-0.4, -0.2) is 30.5 Å². The van der Waals surface area contributed by atoms with E-state index in [1.54, 1.807) is 0 Å². The average Bonchev–Trinajstić information content (AvgIpc) is 2.79. The molecule has 0 aliphatic heterocycles. The van der Waals surface area contributed by atoms with Crippen LogP contribution in [-0.2, 0) is 13.1 Å². The fraction of sp³-hybridized carbons (Fsp3) is 0.400. The molecule has 0 amide bonds. The summed E-state index contributed by atoms with van der Waals surface area (Å²) in [5.41, 5.74) is 2.33. The van der Waals surface area contributed by atoms with Gasteiger partial charge in [0, 0.05) is 23.5 Å². The molecule has 1 aromatic carbocycles. The molecule has 2 rings (SSSR count). The van der Waals surface area contributed by atoms with Gasteiger partial charge in [-0.15, -0.1) is 11.3 Å². The number of rotatable bonds is 6. The Morgan fingerprint density at radius 2 is 1.95 bits per heavy atom. The van der Waals surface area contributed by atoms with Crippen LogP contribution in [0.25, 0.3) is 11.3 Å². The van der Waals surface area contributed by atoms with E-state index < -0.39 is 0 Å². The van der Waals surface area contributed by atoms with E-state index in [0.29, 0.717) is 0 Å². The normalized spacial score (nSPS) is 11.2. The zero-order valence-electron chi connectivity index (χ0n) is 11.8. The van der Waals surface area contributed by atoms with E-state index >= 15 is 0 Å². The lowest BCUT2D eigenvalue weighted by atomic mass is 10.1. The highest BCUT2D eigenvalue weighted by Gasteiger charge is 2.12. The Morgan fingerprint density at radius 3 is 2.58 bits per heavy atom. The van der Waals surface area contributed by atoms with E-state index in [2.05, 4.69) is 55.5 Å². The van der Waals surface area contributed by atoms with Crippen LogP contribution in [0.5, 0.6) is 0 Å². The van der Waals surface area contributed by atoms with Crippen molar-refractivity contribution in [3.8, 4) is 11.3 Å². The van der Waals surface area contributed by atoms with Gasteiger partial charge in [-0.2, -0.15) is 0 Å². The third-order valence-corrected chi connectivity index (χ3v) is 3.82. The van der Waals surface area contributed by atoms with Gasteiger partial charge in [0.15, 0.2) is 0 Å². The van der Waals surface area contributed by atoms with Crippen LogP contribution in [0.4, 0.5) is 0 Å². The number of benzene rings is 1. The van der Waals surface area contributed by atoms with Crippen LogP contribution in [0.15, 0.2) is 30.3 Å². The number of hydrogen-bond acceptors (Lipinski definition) is 4. The molecule has 102 valence electrons. The second kappa shape index (κ2) is 6.80. The first-order valence-corrected chi connectivity index (χ1v) is 7.41. The first-order valence-electron chi connectivity index (χ1n) is 6.60. The summed E-state index contributed by atoms with van der Waals surface area (Å²) in [5.74, 6) is 0. The number of nitrogens with one attached hydrogen (secondary N) is 1. The molecule has 0 saturated heterocycles. The molecule has 19 heavy (non-hydrogen) atoms. The van der Waals surface area contributed by atoms with Gasteiger partial charge < -0.3 is 10.2 Å². The lowest BCUT2D eigenvalue weighted by molar-refractivity contribution is 0.402.